The largest absolute Gasteiger partial charge is 0.425 e. The van der Waals surface area contributed by atoms with E-state index >= 15 is 0 Å². The molecule has 0 saturated carbocycles. The number of hydrogen-bond donors (Lipinski definition) is 0. The van der Waals surface area contributed by atoms with Gasteiger partial charge in [0.25, 0.3) is 0 Å². The first kappa shape index (κ1) is 12.2. The van der Waals surface area contributed by atoms with E-state index < -0.39 is 0 Å². The van der Waals surface area contributed by atoms with Gasteiger partial charge in [-0.1, -0.05) is 27.7 Å². The minimum atomic E-state index is 0.455. The van der Waals surface area contributed by atoms with Crippen molar-refractivity contribution in [1.29, 1.82) is 0 Å². The summed E-state index contributed by atoms with van der Waals surface area (Å²) >= 11 is 0. The Morgan fingerprint density at radius 3 is 1.58 bits per heavy atom. The monoisotopic (exact) mass is 188 g/mol. The van der Waals surface area contributed by atoms with E-state index in [9.17, 15) is 0 Å². The van der Waals surface area contributed by atoms with Crippen molar-refractivity contribution in [1.82, 2.24) is 0 Å². The van der Waals surface area contributed by atoms with Crippen LogP contribution in [0.4, 0.5) is 0 Å². The van der Waals surface area contributed by atoms with Crippen molar-refractivity contribution >= 4 is 10.5 Å². The lowest BCUT2D eigenvalue weighted by Gasteiger charge is -2.38. The van der Waals surface area contributed by atoms with Gasteiger partial charge in [-0.05, 0) is 31.1 Å². The minimum Gasteiger partial charge on any atom is -0.425 e. The van der Waals surface area contributed by atoms with Crippen LogP contribution < -0.4 is 0 Å². The first-order valence-electron chi connectivity index (χ1n) is 5.23. The molecule has 1 atom stereocenters. The molecule has 0 saturated heterocycles. The molecule has 0 N–H and O–H groups in total. The van der Waals surface area contributed by atoms with Crippen molar-refractivity contribution in [3.63, 3.8) is 0 Å². The summed E-state index contributed by atoms with van der Waals surface area (Å²) < 4.78 is 5.68. The zero-order valence-corrected chi connectivity index (χ0v) is 11.3. The van der Waals surface area contributed by atoms with Gasteiger partial charge in [-0.3, -0.25) is 0 Å². The molecule has 0 fully saturated rings. The van der Waals surface area contributed by atoms with Crippen molar-refractivity contribution in [2.24, 2.45) is 5.41 Å². The SMILES string of the molecule is CCC(O[SiH3])C(CC)(CC)CC. The Hall–Kier alpha value is 0.177. The second-order valence-corrected chi connectivity index (χ2v) is 4.03. The molecule has 12 heavy (non-hydrogen) atoms. The third-order valence-electron chi connectivity index (χ3n) is 3.45. The van der Waals surface area contributed by atoms with Crippen LogP contribution in [-0.4, -0.2) is 16.6 Å². The Morgan fingerprint density at radius 2 is 1.50 bits per heavy atom. The summed E-state index contributed by atoms with van der Waals surface area (Å²) in [6.45, 7) is 9.10. The Kier molecular flexibility index (Phi) is 5.84. The topological polar surface area (TPSA) is 9.23 Å². The molecular formula is C10H24OSi. The van der Waals surface area contributed by atoms with Crippen LogP contribution >= 0.6 is 0 Å². The molecule has 0 aromatic rings. The predicted molar refractivity (Wildman–Crippen MR) is 58.4 cm³/mol. The van der Waals surface area contributed by atoms with E-state index in [0.29, 0.717) is 11.5 Å². The summed E-state index contributed by atoms with van der Waals surface area (Å²) in [6, 6.07) is 0. The summed E-state index contributed by atoms with van der Waals surface area (Å²) in [7, 11) is 0.876. The lowest BCUT2D eigenvalue weighted by molar-refractivity contribution is 0.0381. The normalized spacial score (nSPS) is 15.0. The van der Waals surface area contributed by atoms with Gasteiger partial charge in [-0.25, -0.2) is 0 Å². The highest BCUT2D eigenvalue weighted by Crippen LogP contribution is 2.37. The molecule has 1 unspecified atom stereocenters. The minimum absolute atomic E-state index is 0.455. The standard InChI is InChI=1S/C10H24OSi/c1-5-9(11-12)10(6-2,7-3)8-4/h9H,5-8H2,1-4,12H3. The molecule has 0 radical (unpaired) electrons. The summed E-state index contributed by atoms with van der Waals surface area (Å²) in [4.78, 5) is 0. The predicted octanol–water partition coefficient (Wildman–Crippen LogP) is 2.28. The lowest BCUT2D eigenvalue weighted by Crippen LogP contribution is -2.35. The van der Waals surface area contributed by atoms with Gasteiger partial charge in [-0.15, -0.1) is 0 Å². The average molecular weight is 188 g/mol. The fraction of sp³-hybridized carbons (Fsp3) is 1.00. The van der Waals surface area contributed by atoms with E-state index in [2.05, 4.69) is 27.7 Å². The zero-order valence-electron chi connectivity index (χ0n) is 9.31. The van der Waals surface area contributed by atoms with Crippen molar-refractivity contribution in [3.8, 4) is 0 Å². The molecule has 0 spiro atoms. The summed E-state index contributed by atoms with van der Waals surface area (Å²) in [5, 5.41) is 0. The van der Waals surface area contributed by atoms with Crippen LogP contribution in [0.5, 0.6) is 0 Å². The third kappa shape index (κ3) is 2.33. The lowest BCUT2D eigenvalue weighted by atomic mass is 9.74. The molecule has 0 bridgehead atoms. The van der Waals surface area contributed by atoms with Gasteiger partial charge in [0.1, 0.15) is 10.5 Å². The molecule has 0 aromatic heterocycles. The van der Waals surface area contributed by atoms with Crippen molar-refractivity contribution < 1.29 is 4.43 Å². The fourth-order valence-corrected chi connectivity index (χ4v) is 3.12. The van der Waals surface area contributed by atoms with Gasteiger partial charge in [-0.2, -0.15) is 0 Å². The molecule has 0 rings (SSSR count). The van der Waals surface area contributed by atoms with Gasteiger partial charge in [0, 0.05) is 6.10 Å². The Labute approximate surface area is 80.4 Å². The summed E-state index contributed by atoms with van der Waals surface area (Å²) in [5.74, 6) is 0. The maximum Gasteiger partial charge on any atom is 0.146 e. The smallest absolute Gasteiger partial charge is 0.146 e. The van der Waals surface area contributed by atoms with E-state index in [1.807, 2.05) is 0 Å². The molecule has 0 aliphatic heterocycles. The van der Waals surface area contributed by atoms with Gasteiger partial charge in [0.15, 0.2) is 0 Å². The third-order valence-corrected chi connectivity index (χ3v) is 4.02. The van der Waals surface area contributed by atoms with Crippen LogP contribution in [0.3, 0.4) is 0 Å². The molecule has 74 valence electrons. The second kappa shape index (κ2) is 5.76. The van der Waals surface area contributed by atoms with E-state index in [0.717, 1.165) is 10.5 Å². The van der Waals surface area contributed by atoms with E-state index in [1.165, 1.54) is 25.7 Å². The van der Waals surface area contributed by atoms with E-state index in [1.54, 1.807) is 0 Å². The van der Waals surface area contributed by atoms with Crippen LogP contribution in [-0.2, 0) is 4.43 Å². The van der Waals surface area contributed by atoms with Crippen LogP contribution in [0, 0.1) is 5.41 Å². The van der Waals surface area contributed by atoms with Crippen LogP contribution in [0.1, 0.15) is 53.4 Å². The van der Waals surface area contributed by atoms with Gasteiger partial charge < -0.3 is 4.43 Å². The molecule has 0 aliphatic rings. The molecule has 0 heterocycles. The highest BCUT2D eigenvalue weighted by atomic mass is 28.2. The summed E-state index contributed by atoms with van der Waals surface area (Å²) in [6.07, 6.45) is 5.42. The Balaban J connectivity index is 4.42. The molecular weight excluding hydrogens is 164 g/mol. The van der Waals surface area contributed by atoms with Crippen molar-refractivity contribution in [2.75, 3.05) is 0 Å². The number of hydrogen-bond acceptors (Lipinski definition) is 1. The Bertz CT molecular complexity index is 98.1. The van der Waals surface area contributed by atoms with Gasteiger partial charge >= 0.3 is 0 Å². The van der Waals surface area contributed by atoms with Crippen LogP contribution in [0.2, 0.25) is 0 Å². The van der Waals surface area contributed by atoms with Gasteiger partial charge in [0.05, 0.1) is 0 Å². The molecule has 0 aliphatic carbocycles. The van der Waals surface area contributed by atoms with Crippen LogP contribution in [0.15, 0.2) is 0 Å². The van der Waals surface area contributed by atoms with Crippen LogP contribution in [0.25, 0.3) is 0 Å². The molecule has 2 heteroatoms. The maximum absolute atomic E-state index is 5.68. The summed E-state index contributed by atoms with van der Waals surface area (Å²) in [5.41, 5.74) is 0.455. The molecule has 0 amide bonds. The quantitative estimate of drug-likeness (QED) is 0.581. The maximum atomic E-state index is 5.68. The molecule has 0 aromatic carbocycles. The van der Waals surface area contributed by atoms with Crippen molar-refractivity contribution in [2.45, 2.75) is 59.5 Å². The Morgan fingerprint density at radius 1 is 1.08 bits per heavy atom. The van der Waals surface area contributed by atoms with E-state index in [4.69, 9.17) is 4.43 Å². The first-order valence-corrected chi connectivity index (χ1v) is 6.05. The first-order chi connectivity index (χ1) is 5.70. The average Bonchev–Trinajstić information content (AvgIpc) is 2.14. The van der Waals surface area contributed by atoms with E-state index in [-0.39, 0.29) is 0 Å². The highest BCUT2D eigenvalue weighted by molar-refractivity contribution is 5.98. The van der Waals surface area contributed by atoms with Crippen molar-refractivity contribution in [3.05, 3.63) is 0 Å². The second-order valence-electron chi connectivity index (χ2n) is 3.56. The zero-order chi connectivity index (χ0) is 9.61. The number of rotatable bonds is 6. The fourth-order valence-electron chi connectivity index (χ4n) is 2.28. The highest BCUT2D eigenvalue weighted by Gasteiger charge is 2.32. The molecule has 1 nitrogen and oxygen atoms in total. The van der Waals surface area contributed by atoms with Gasteiger partial charge in [0.2, 0.25) is 0 Å².